The van der Waals surface area contributed by atoms with E-state index in [0.717, 1.165) is 30.5 Å². The third-order valence-electron chi connectivity index (χ3n) is 4.64. The van der Waals surface area contributed by atoms with Gasteiger partial charge in [-0.2, -0.15) is 4.98 Å². The Bertz CT molecular complexity index is 980. The molecule has 2 aliphatic rings. The van der Waals surface area contributed by atoms with Gasteiger partial charge in [0, 0.05) is 39.4 Å². The fraction of sp³-hybridized carbons (Fsp3) is 0.368. The monoisotopic (exact) mass is 443 g/mol. The Hall–Kier alpha value is -3.25. The average molecular weight is 443 g/mol. The normalized spacial score (nSPS) is 17.9. The number of carbonyl (C=O) groups is 2. The van der Waals surface area contributed by atoms with Gasteiger partial charge in [0.2, 0.25) is 11.8 Å². The minimum absolute atomic E-state index is 0.284. The van der Waals surface area contributed by atoms with Crippen molar-refractivity contribution < 1.29 is 19.1 Å². The molecule has 2 saturated heterocycles. The van der Waals surface area contributed by atoms with Crippen LogP contribution in [-0.2, 0) is 9.53 Å². The number of hydrogen-bond acceptors (Lipinski definition) is 11. The molecule has 31 heavy (non-hydrogen) atoms. The molecule has 2 fully saturated rings. The first-order chi connectivity index (χ1) is 15.1. The van der Waals surface area contributed by atoms with Crippen LogP contribution in [-0.4, -0.2) is 77.6 Å². The second kappa shape index (κ2) is 9.71. The van der Waals surface area contributed by atoms with Gasteiger partial charge in [-0.25, -0.2) is 15.0 Å². The van der Waals surface area contributed by atoms with Crippen LogP contribution in [0.15, 0.2) is 29.7 Å². The molecule has 0 spiro atoms. The summed E-state index contributed by atoms with van der Waals surface area (Å²) in [7, 11) is 1.59. The Morgan fingerprint density at radius 3 is 2.52 bits per heavy atom. The SMILES string of the molecule is COCCOc1cc(/C=C2\SC(=O)NC2=O)nc(N2CCN(c3cncnc3)CC2)n1. The van der Waals surface area contributed by atoms with E-state index in [2.05, 4.69) is 35.1 Å². The number of nitrogens with zero attached hydrogens (tertiary/aromatic N) is 6. The highest BCUT2D eigenvalue weighted by Gasteiger charge is 2.26. The van der Waals surface area contributed by atoms with Crippen LogP contribution in [0.2, 0.25) is 0 Å². The molecule has 12 heteroatoms. The number of anilines is 2. The third-order valence-corrected chi connectivity index (χ3v) is 5.45. The van der Waals surface area contributed by atoms with Crippen molar-refractivity contribution in [3.05, 3.63) is 35.4 Å². The summed E-state index contributed by atoms with van der Waals surface area (Å²) in [5.41, 5.74) is 1.46. The number of amides is 2. The van der Waals surface area contributed by atoms with Gasteiger partial charge in [0.15, 0.2) is 0 Å². The maximum absolute atomic E-state index is 11.9. The van der Waals surface area contributed by atoms with Crippen LogP contribution in [0.3, 0.4) is 0 Å². The van der Waals surface area contributed by atoms with Gasteiger partial charge in [-0.15, -0.1) is 0 Å². The van der Waals surface area contributed by atoms with Gasteiger partial charge >= 0.3 is 0 Å². The average Bonchev–Trinajstić information content (AvgIpc) is 3.11. The lowest BCUT2D eigenvalue weighted by molar-refractivity contribution is -0.115. The second-order valence-corrected chi connectivity index (χ2v) is 7.71. The summed E-state index contributed by atoms with van der Waals surface area (Å²) < 4.78 is 10.7. The molecule has 4 rings (SSSR count). The molecule has 2 aliphatic heterocycles. The third kappa shape index (κ3) is 5.27. The summed E-state index contributed by atoms with van der Waals surface area (Å²) >= 11 is 0.843. The van der Waals surface area contributed by atoms with Crippen molar-refractivity contribution in [3.63, 3.8) is 0 Å². The number of imide groups is 1. The van der Waals surface area contributed by atoms with Crippen LogP contribution in [0.4, 0.5) is 16.4 Å². The topological polar surface area (TPSA) is 123 Å². The molecule has 0 aromatic carbocycles. The number of thioether (sulfide) groups is 1. The van der Waals surface area contributed by atoms with E-state index in [0.29, 0.717) is 43.8 Å². The smallest absolute Gasteiger partial charge is 0.290 e. The van der Waals surface area contributed by atoms with E-state index < -0.39 is 11.1 Å². The second-order valence-electron chi connectivity index (χ2n) is 6.70. The van der Waals surface area contributed by atoms with Crippen LogP contribution in [0, 0.1) is 0 Å². The summed E-state index contributed by atoms with van der Waals surface area (Å²) in [6, 6.07) is 1.64. The molecule has 2 aromatic heterocycles. The highest BCUT2D eigenvalue weighted by molar-refractivity contribution is 8.18. The fourth-order valence-electron chi connectivity index (χ4n) is 3.12. The Balaban J connectivity index is 1.53. The molecule has 0 bridgehead atoms. The van der Waals surface area contributed by atoms with Crippen molar-refractivity contribution in [2.75, 3.05) is 56.3 Å². The van der Waals surface area contributed by atoms with E-state index in [-0.39, 0.29) is 4.91 Å². The van der Waals surface area contributed by atoms with Gasteiger partial charge in [-0.05, 0) is 17.8 Å². The predicted molar refractivity (Wildman–Crippen MR) is 115 cm³/mol. The number of piperazine rings is 1. The highest BCUT2D eigenvalue weighted by atomic mass is 32.2. The van der Waals surface area contributed by atoms with Crippen LogP contribution >= 0.6 is 11.8 Å². The molecular formula is C19H21N7O4S. The zero-order valence-corrected chi connectivity index (χ0v) is 17.7. The molecule has 0 radical (unpaired) electrons. The Morgan fingerprint density at radius 1 is 1.10 bits per heavy atom. The lowest BCUT2D eigenvalue weighted by Gasteiger charge is -2.35. The van der Waals surface area contributed by atoms with E-state index >= 15 is 0 Å². The quantitative estimate of drug-likeness (QED) is 0.486. The number of aromatic nitrogens is 4. The van der Waals surface area contributed by atoms with Gasteiger partial charge in [-0.3, -0.25) is 14.9 Å². The van der Waals surface area contributed by atoms with Gasteiger partial charge in [0.1, 0.15) is 12.9 Å². The maximum Gasteiger partial charge on any atom is 0.290 e. The van der Waals surface area contributed by atoms with E-state index in [1.54, 1.807) is 31.6 Å². The molecule has 0 atom stereocenters. The molecule has 0 saturated carbocycles. The Labute approximate surface area is 182 Å². The summed E-state index contributed by atoms with van der Waals surface area (Å²) in [5, 5.41) is 1.84. The number of methoxy groups -OCH3 is 1. The molecule has 1 N–H and O–H groups in total. The van der Waals surface area contributed by atoms with E-state index in [9.17, 15) is 9.59 Å². The first kappa shape index (κ1) is 21.0. The minimum atomic E-state index is -0.435. The van der Waals surface area contributed by atoms with Crippen LogP contribution in [0.25, 0.3) is 6.08 Å². The van der Waals surface area contributed by atoms with Crippen molar-refractivity contribution >= 4 is 40.6 Å². The summed E-state index contributed by atoms with van der Waals surface area (Å²) in [6.07, 6.45) is 6.66. The predicted octanol–water partition coefficient (Wildman–Crippen LogP) is 0.942. The molecule has 2 aromatic rings. The maximum atomic E-state index is 11.9. The van der Waals surface area contributed by atoms with Gasteiger partial charge in [0.05, 0.1) is 35.3 Å². The lowest BCUT2D eigenvalue weighted by Crippen LogP contribution is -2.47. The van der Waals surface area contributed by atoms with Crippen molar-refractivity contribution in [3.8, 4) is 5.88 Å². The number of nitrogens with one attached hydrogen (secondary N) is 1. The van der Waals surface area contributed by atoms with Gasteiger partial charge in [-0.1, -0.05) is 0 Å². The number of carbonyl (C=O) groups excluding carboxylic acids is 2. The number of rotatable bonds is 7. The summed E-state index contributed by atoms with van der Waals surface area (Å²) in [6.45, 7) is 3.66. The van der Waals surface area contributed by atoms with Crippen molar-refractivity contribution in [1.82, 2.24) is 25.3 Å². The fourth-order valence-corrected chi connectivity index (χ4v) is 3.79. The zero-order chi connectivity index (χ0) is 21.6. The molecule has 11 nitrogen and oxygen atoms in total. The van der Waals surface area contributed by atoms with Gasteiger partial charge < -0.3 is 19.3 Å². The molecule has 4 heterocycles. The van der Waals surface area contributed by atoms with E-state index in [4.69, 9.17) is 9.47 Å². The van der Waals surface area contributed by atoms with Crippen LogP contribution < -0.4 is 19.9 Å². The van der Waals surface area contributed by atoms with E-state index in [1.165, 1.54) is 6.33 Å². The zero-order valence-electron chi connectivity index (χ0n) is 16.9. The van der Waals surface area contributed by atoms with Crippen LogP contribution in [0.1, 0.15) is 5.69 Å². The first-order valence-corrected chi connectivity index (χ1v) is 10.4. The molecular weight excluding hydrogens is 422 g/mol. The lowest BCUT2D eigenvalue weighted by atomic mass is 10.3. The molecule has 162 valence electrons. The largest absolute Gasteiger partial charge is 0.475 e. The molecule has 0 unspecified atom stereocenters. The van der Waals surface area contributed by atoms with Crippen molar-refractivity contribution in [2.45, 2.75) is 0 Å². The Kier molecular flexibility index (Phi) is 6.57. The number of ether oxygens (including phenoxy) is 2. The van der Waals surface area contributed by atoms with E-state index in [1.807, 2.05) is 0 Å². The Morgan fingerprint density at radius 2 is 1.84 bits per heavy atom. The minimum Gasteiger partial charge on any atom is -0.475 e. The summed E-state index contributed by atoms with van der Waals surface area (Å²) in [5.74, 6) is 0.443. The highest BCUT2D eigenvalue weighted by Crippen LogP contribution is 2.27. The van der Waals surface area contributed by atoms with Crippen LogP contribution in [0.5, 0.6) is 5.88 Å². The standard InChI is InChI=1S/C19H21N7O4S/c1-29-6-7-30-16-9-13(8-15-17(27)24-19(28)31-15)22-18(23-16)26-4-2-25(3-5-26)14-10-20-12-21-11-14/h8-12H,2-7H2,1H3,(H,24,27,28)/b15-8-. The molecule has 2 amide bonds. The van der Waals surface area contributed by atoms with Gasteiger partial charge in [0.25, 0.3) is 11.1 Å². The first-order valence-electron chi connectivity index (χ1n) is 9.63. The summed E-state index contributed by atoms with van der Waals surface area (Å²) in [4.78, 5) is 45.2. The van der Waals surface area contributed by atoms with Crippen molar-refractivity contribution in [2.24, 2.45) is 0 Å². The van der Waals surface area contributed by atoms with Crippen molar-refractivity contribution in [1.29, 1.82) is 0 Å². The number of hydrogen-bond donors (Lipinski definition) is 1. The molecule has 0 aliphatic carbocycles.